The van der Waals surface area contributed by atoms with E-state index in [-0.39, 0.29) is 5.91 Å². The van der Waals surface area contributed by atoms with Crippen LogP contribution in [0, 0.1) is 0 Å². The lowest BCUT2D eigenvalue weighted by Crippen LogP contribution is -2.25. The van der Waals surface area contributed by atoms with Gasteiger partial charge in [0, 0.05) is 18.3 Å². The summed E-state index contributed by atoms with van der Waals surface area (Å²) < 4.78 is 5.39. The highest BCUT2D eigenvalue weighted by Gasteiger charge is 2.12. The van der Waals surface area contributed by atoms with Crippen molar-refractivity contribution in [3.63, 3.8) is 0 Å². The molecule has 0 aliphatic carbocycles. The van der Waals surface area contributed by atoms with E-state index in [0.29, 0.717) is 12.2 Å². The van der Waals surface area contributed by atoms with Crippen LogP contribution in [0.25, 0.3) is 0 Å². The van der Waals surface area contributed by atoms with Crippen LogP contribution in [-0.4, -0.2) is 19.6 Å². The molecule has 2 rings (SSSR count). The van der Waals surface area contributed by atoms with Crippen molar-refractivity contribution in [2.24, 2.45) is 0 Å². The normalized spacial score (nSPS) is 9.85. The fourth-order valence-corrected chi connectivity index (χ4v) is 1.81. The van der Waals surface area contributed by atoms with Gasteiger partial charge in [0.2, 0.25) is 0 Å². The first-order valence-corrected chi connectivity index (χ1v) is 6.39. The van der Waals surface area contributed by atoms with Gasteiger partial charge in [-0.2, -0.15) is 0 Å². The number of carbonyl (C=O) groups excluding carboxylic acids is 1. The maximum atomic E-state index is 12.3. The molecule has 3 heteroatoms. The minimum absolute atomic E-state index is 0.0496. The van der Waals surface area contributed by atoms with Gasteiger partial charge in [-0.05, 0) is 36.4 Å². The second kappa shape index (κ2) is 6.57. The van der Waals surface area contributed by atoms with E-state index in [1.54, 1.807) is 42.3 Å². The molecule has 0 aliphatic rings. The summed E-state index contributed by atoms with van der Waals surface area (Å²) in [7, 11) is 1.76. The van der Waals surface area contributed by atoms with E-state index < -0.39 is 0 Å². The fraction of sp³-hybridized carbons (Fsp3) is 0.118. The minimum Gasteiger partial charge on any atom is -0.490 e. The third-order valence-electron chi connectivity index (χ3n) is 2.92. The lowest BCUT2D eigenvalue weighted by molar-refractivity contribution is 0.0993. The number of nitrogens with zero attached hydrogens (tertiary/aromatic N) is 1. The van der Waals surface area contributed by atoms with Crippen LogP contribution in [0.1, 0.15) is 10.4 Å². The quantitative estimate of drug-likeness (QED) is 0.776. The lowest BCUT2D eigenvalue weighted by atomic mass is 10.2. The van der Waals surface area contributed by atoms with Gasteiger partial charge in [0.25, 0.3) is 5.91 Å². The van der Waals surface area contributed by atoms with Crippen molar-refractivity contribution < 1.29 is 9.53 Å². The van der Waals surface area contributed by atoms with E-state index in [1.165, 1.54) is 0 Å². The van der Waals surface area contributed by atoms with Crippen LogP contribution in [0.15, 0.2) is 67.3 Å². The van der Waals surface area contributed by atoms with Crippen molar-refractivity contribution >= 4 is 11.6 Å². The van der Waals surface area contributed by atoms with Crippen molar-refractivity contribution in [3.8, 4) is 5.75 Å². The van der Waals surface area contributed by atoms with Crippen LogP contribution in [0.4, 0.5) is 5.69 Å². The number of carbonyl (C=O) groups is 1. The Balaban J connectivity index is 2.11. The molecule has 0 atom stereocenters. The summed E-state index contributed by atoms with van der Waals surface area (Å²) in [4.78, 5) is 14.0. The van der Waals surface area contributed by atoms with Crippen LogP contribution in [0.5, 0.6) is 5.75 Å². The molecule has 0 saturated heterocycles. The van der Waals surface area contributed by atoms with Crippen molar-refractivity contribution in [1.29, 1.82) is 0 Å². The Hall–Kier alpha value is -2.55. The average Bonchev–Trinajstić information content (AvgIpc) is 2.53. The Bertz CT molecular complexity index is 576. The molecule has 0 aliphatic heterocycles. The van der Waals surface area contributed by atoms with Gasteiger partial charge in [-0.1, -0.05) is 30.9 Å². The summed E-state index contributed by atoms with van der Waals surface area (Å²) in [6.07, 6.45) is 1.68. The zero-order valence-corrected chi connectivity index (χ0v) is 11.5. The number of rotatable bonds is 5. The van der Waals surface area contributed by atoms with Crippen molar-refractivity contribution in [3.05, 3.63) is 72.8 Å². The van der Waals surface area contributed by atoms with E-state index in [1.807, 2.05) is 30.3 Å². The zero-order valence-electron chi connectivity index (χ0n) is 11.5. The Kier molecular flexibility index (Phi) is 4.56. The number of benzene rings is 2. The highest BCUT2D eigenvalue weighted by molar-refractivity contribution is 6.05. The summed E-state index contributed by atoms with van der Waals surface area (Å²) in [6, 6.07) is 16.6. The van der Waals surface area contributed by atoms with E-state index in [9.17, 15) is 4.79 Å². The topological polar surface area (TPSA) is 29.5 Å². The van der Waals surface area contributed by atoms with E-state index in [0.717, 1.165) is 11.4 Å². The maximum absolute atomic E-state index is 12.3. The molecule has 0 heterocycles. The van der Waals surface area contributed by atoms with Crippen molar-refractivity contribution in [1.82, 2.24) is 0 Å². The molecule has 0 fully saturated rings. The monoisotopic (exact) mass is 267 g/mol. The first kappa shape index (κ1) is 13.9. The number of ether oxygens (including phenoxy) is 1. The molecule has 0 aromatic heterocycles. The summed E-state index contributed by atoms with van der Waals surface area (Å²) >= 11 is 0. The molecular weight excluding hydrogens is 250 g/mol. The van der Waals surface area contributed by atoms with Crippen LogP contribution < -0.4 is 9.64 Å². The van der Waals surface area contributed by atoms with Gasteiger partial charge in [0.15, 0.2) is 0 Å². The molecule has 3 nitrogen and oxygen atoms in total. The van der Waals surface area contributed by atoms with Crippen molar-refractivity contribution in [2.75, 3.05) is 18.6 Å². The zero-order chi connectivity index (χ0) is 14.4. The lowest BCUT2D eigenvalue weighted by Gasteiger charge is -2.17. The van der Waals surface area contributed by atoms with E-state index >= 15 is 0 Å². The smallest absolute Gasteiger partial charge is 0.258 e. The molecule has 0 N–H and O–H groups in total. The van der Waals surface area contributed by atoms with E-state index in [2.05, 4.69) is 6.58 Å². The van der Waals surface area contributed by atoms with Gasteiger partial charge in [-0.25, -0.2) is 0 Å². The van der Waals surface area contributed by atoms with Crippen LogP contribution in [0.3, 0.4) is 0 Å². The third-order valence-corrected chi connectivity index (χ3v) is 2.92. The molecule has 2 aromatic carbocycles. The second-order valence-electron chi connectivity index (χ2n) is 4.32. The molecular formula is C17H17NO2. The summed E-state index contributed by atoms with van der Waals surface area (Å²) in [5.41, 5.74) is 1.49. The summed E-state index contributed by atoms with van der Waals surface area (Å²) in [5.74, 6) is 0.676. The first-order chi connectivity index (χ1) is 9.72. The van der Waals surface area contributed by atoms with Crippen molar-refractivity contribution in [2.45, 2.75) is 0 Å². The second-order valence-corrected chi connectivity index (χ2v) is 4.32. The number of para-hydroxylation sites is 1. The van der Waals surface area contributed by atoms with Gasteiger partial charge < -0.3 is 9.64 Å². The highest BCUT2D eigenvalue weighted by Crippen LogP contribution is 2.17. The van der Waals surface area contributed by atoms with Crippen LogP contribution >= 0.6 is 0 Å². The molecule has 2 aromatic rings. The SMILES string of the molecule is C=CCOc1ccc(C(=O)N(C)c2ccccc2)cc1. The van der Waals surface area contributed by atoms with Gasteiger partial charge in [-0.3, -0.25) is 4.79 Å². The summed E-state index contributed by atoms with van der Waals surface area (Å²) in [6.45, 7) is 4.05. The largest absolute Gasteiger partial charge is 0.490 e. The highest BCUT2D eigenvalue weighted by atomic mass is 16.5. The standard InChI is InChI=1S/C17H17NO2/c1-3-13-20-16-11-9-14(10-12-16)17(19)18(2)15-7-5-4-6-8-15/h3-12H,1,13H2,2H3. The van der Waals surface area contributed by atoms with Crippen LogP contribution in [0.2, 0.25) is 0 Å². The number of anilines is 1. The van der Waals surface area contributed by atoms with Gasteiger partial charge >= 0.3 is 0 Å². The third kappa shape index (κ3) is 3.26. The molecule has 0 spiro atoms. The first-order valence-electron chi connectivity index (χ1n) is 6.39. The molecule has 0 unspecified atom stereocenters. The Morgan fingerprint density at radius 3 is 2.40 bits per heavy atom. The molecule has 0 radical (unpaired) electrons. The molecule has 102 valence electrons. The summed E-state index contributed by atoms with van der Waals surface area (Å²) in [5, 5.41) is 0. The average molecular weight is 267 g/mol. The maximum Gasteiger partial charge on any atom is 0.258 e. The molecule has 1 amide bonds. The Morgan fingerprint density at radius 2 is 1.80 bits per heavy atom. The molecule has 20 heavy (non-hydrogen) atoms. The predicted octanol–water partition coefficient (Wildman–Crippen LogP) is 3.53. The predicted molar refractivity (Wildman–Crippen MR) is 81.3 cm³/mol. The Labute approximate surface area is 119 Å². The van der Waals surface area contributed by atoms with E-state index in [4.69, 9.17) is 4.74 Å². The fourth-order valence-electron chi connectivity index (χ4n) is 1.81. The van der Waals surface area contributed by atoms with Gasteiger partial charge in [-0.15, -0.1) is 0 Å². The van der Waals surface area contributed by atoms with Gasteiger partial charge in [0.05, 0.1) is 0 Å². The Morgan fingerprint density at radius 1 is 1.15 bits per heavy atom. The minimum atomic E-state index is -0.0496. The number of hydrogen-bond donors (Lipinski definition) is 0. The number of hydrogen-bond acceptors (Lipinski definition) is 2. The van der Waals surface area contributed by atoms with Gasteiger partial charge in [0.1, 0.15) is 12.4 Å². The molecule has 0 bridgehead atoms. The molecule has 0 saturated carbocycles. The van der Waals surface area contributed by atoms with Crippen LogP contribution in [-0.2, 0) is 0 Å². The number of amides is 1.